The quantitative estimate of drug-likeness (QED) is 0.112. The van der Waals surface area contributed by atoms with Crippen LogP contribution in [0.25, 0.3) is 112 Å². The number of hydrogen-bond donors (Lipinski definition) is 0. The van der Waals surface area contributed by atoms with Crippen molar-refractivity contribution in [3.8, 4) is 67.9 Å². The van der Waals surface area contributed by atoms with Crippen molar-refractivity contribution < 1.29 is 34.6 Å². The van der Waals surface area contributed by atoms with E-state index in [1.807, 2.05) is 44.2 Å². The van der Waals surface area contributed by atoms with E-state index in [9.17, 15) is 0 Å². The maximum absolute atomic E-state index is 7.07. The summed E-state index contributed by atoms with van der Waals surface area (Å²) in [5.41, 5.74) is 20.5. The van der Waals surface area contributed by atoms with Crippen molar-refractivity contribution in [3.63, 3.8) is 0 Å². The van der Waals surface area contributed by atoms with Crippen LogP contribution < -0.4 is 4.74 Å². The number of hydrogen-bond acceptors (Lipinski definition) is 7. The van der Waals surface area contributed by atoms with Gasteiger partial charge < -0.3 is 22.7 Å². The number of fused-ring (bicyclic) bond motifs is 7. The number of aromatic nitrogens is 6. The van der Waals surface area contributed by atoms with Crippen LogP contribution in [-0.2, 0) is 21.1 Å². The van der Waals surface area contributed by atoms with Gasteiger partial charge in [-0.1, -0.05) is 164 Å². The van der Waals surface area contributed by atoms with Gasteiger partial charge >= 0.3 is 21.1 Å². The first-order chi connectivity index (χ1) is 38.3. The molecule has 5 heterocycles. The van der Waals surface area contributed by atoms with Crippen molar-refractivity contribution in [1.29, 1.82) is 0 Å². The Labute approximate surface area is 480 Å². The molecule has 80 heavy (non-hydrogen) atoms. The fourth-order valence-electron chi connectivity index (χ4n) is 11.5. The van der Waals surface area contributed by atoms with Gasteiger partial charge in [0.1, 0.15) is 5.82 Å². The fraction of sp³-hybridized carbons (Fsp3) is 0.200. The molecule has 0 radical (unpaired) electrons. The molecule has 0 bridgehead atoms. The van der Waals surface area contributed by atoms with E-state index in [0.717, 1.165) is 50.5 Å². The van der Waals surface area contributed by atoms with E-state index in [1.54, 1.807) is 0 Å². The van der Waals surface area contributed by atoms with Crippen molar-refractivity contribution in [3.05, 3.63) is 204 Å². The second-order valence-electron chi connectivity index (χ2n) is 22.1. The van der Waals surface area contributed by atoms with Crippen LogP contribution in [0, 0.1) is 26.0 Å². The number of ether oxygens (including phenoxy) is 1. The molecule has 13 rings (SSSR count). The van der Waals surface area contributed by atoms with Crippen LogP contribution in [0.3, 0.4) is 0 Å². The van der Waals surface area contributed by atoms with Gasteiger partial charge in [-0.15, -0.1) is 23.8 Å². The molecule has 0 N–H and O–H groups in total. The van der Waals surface area contributed by atoms with E-state index >= 15 is 0 Å². The Hall–Kier alpha value is -8.39. The summed E-state index contributed by atoms with van der Waals surface area (Å²) in [6.07, 6.45) is 0. The fourth-order valence-corrected chi connectivity index (χ4v) is 11.5. The number of imidazole rings is 2. The molecule has 0 unspecified atom stereocenters. The molecule has 9 nitrogen and oxygen atoms in total. The van der Waals surface area contributed by atoms with Crippen molar-refractivity contribution in [1.82, 2.24) is 29.1 Å². The third-order valence-corrected chi connectivity index (χ3v) is 15.3. The normalized spacial score (nSPS) is 12.0. The Morgan fingerprint density at radius 1 is 0.438 bits per heavy atom. The Morgan fingerprint density at radius 3 is 1.46 bits per heavy atom. The zero-order valence-corrected chi connectivity index (χ0v) is 48.8. The van der Waals surface area contributed by atoms with Gasteiger partial charge in [-0.3, -0.25) is 9.97 Å². The summed E-state index contributed by atoms with van der Waals surface area (Å²) >= 11 is 0. The second-order valence-corrected chi connectivity index (χ2v) is 22.1. The SMILES string of the molecule is Cc1nc(C)c2oc3c4cc(Oc5[c-]c(-c6nc7ccccc7n6-c6c(C(C)C)cc(-c7ccccc7)cc6C(C)C)ccc5)[c-]c(-c5nc6ccccc6n5-c5c(C(C)C)cc(-c6ccccc6)cc5C(C)C)c4oc3c2n1.[Pt+2]. The first-order valence-electron chi connectivity index (χ1n) is 27.5. The van der Waals surface area contributed by atoms with Crippen molar-refractivity contribution in [2.24, 2.45) is 0 Å². The topological polar surface area (TPSA) is 96.9 Å². The number of rotatable bonds is 12. The average molecular weight is 1230 g/mol. The van der Waals surface area contributed by atoms with E-state index in [1.165, 1.54) is 44.5 Å². The predicted molar refractivity (Wildman–Crippen MR) is 320 cm³/mol. The maximum atomic E-state index is 7.07. The zero-order chi connectivity index (χ0) is 54.4. The van der Waals surface area contributed by atoms with Gasteiger partial charge in [0.15, 0.2) is 22.3 Å². The molecule has 398 valence electrons. The van der Waals surface area contributed by atoms with Gasteiger partial charge in [-0.2, -0.15) is 0 Å². The van der Waals surface area contributed by atoms with Gasteiger partial charge in [-0.05, 0) is 136 Å². The molecule has 0 fully saturated rings. The molecular formula is C70H60N6O3Pt. The molecule has 8 aromatic carbocycles. The van der Waals surface area contributed by atoms with E-state index in [4.69, 9.17) is 28.5 Å². The Kier molecular flexibility index (Phi) is 13.5. The Bertz CT molecular complexity index is 4450. The number of furan rings is 2. The van der Waals surface area contributed by atoms with Crippen molar-refractivity contribution in [2.45, 2.75) is 92.9 Å². The third kappa shape index (κ3) is 8.92. The Morgan fingerprint density at radius 2 is 0.925 bits per heavy atom. The summed E-state index contributed by atoms with van der Waals surface area (Å²) < 4.78 is 25.5. The van der Waals surface area contributed by atoms with E-state index in [2.05, 4.69) is 209 Å². The molecule has 0 saturated heterocycles. The monoisotopic (exact) mass is 1230 g/mol. The standard InChI is InChI=1S/C70H60N6O3.Pt/c1-39(2)52-33-48(45-22-13-11-14-23-45)34-53(40(3)4)63(52)75-60-30-19-17-28-58(60)73-69(75)47-26-21-27-50(32-47)77-51-37-56-66(79-68-62-65(78-67(56)68)43(9)71-44(10)72-62)57(38-51)70-74-59-29-18-20-31-61(59)76(70)64-54(41(5)6)35-49(36-55(64)42(7)8)46-24-15-12-16-25-46;/h11-31,33-37,39-42H,1-10H3;/q-2;+2. The molecule has 10 heteroatoms. The molecule has 0 atom stereocenters. The number of para-hydroxylation sites is 4. The van der Waals surface area contributed by atoms with Crippen LogP contribution >= 0.6 is 0 Å². The first-order valence-corrected chi connectivity index (χ1v) is 27.5. The average Bonchev–Trinajstić information content (AvgIpc) is 4.43. The molecular weight excluding hydrogens is 1170 g/mol. The maximum Gasteiger partial charge on any atom is 2.00 e. The van der Waals surface area contributed by atoms with Crippen LogP contribution in [0.2, 0.25) is 0 Å². The summed E-state index contributed by atoms with van der Waals surface area (Å²) in [7, 11) is 0. The molecule has 0 spiro atoms. The van der Waals surface area contributed by atoms with Gasteiger partial charge in [0.05, 0.1) is 45.0 Å². The van der Waals surface area contributed by atoms with Crippen LogP contribution in [0.15, 0.2) is 167 Å². The zero-order valence-electron chi connectivity index (χ0n) is 46.5. The molecule has 13 aromatic rings. The number of nitrogens with zero attached hydrogens (tertiary/aromatic N) is 6. The van der Waals surface area contributed by atoms with Gasteiger partial charge in [0.25, 0.3) is 0 Å². The van der Waals surface area contributed by atoms with Crippen LogP contribution in [0.1, 0.15) is 113 Å². The number of benzene rings is 8. The molecule has 0 aliphatic heterocycles. The Balaban J connectivity index is 0.00000637. The summed E-state index contributed by atoms with van der Waals surface area (Å²) in [6.45, 7) is 22.0. The summed E-state index contributed by atoms with van der Waals surface area (Å²) in [6, 6.07) is 62.8. The number of aryl methyl sites for hydroxylation is 2. The van der Waals surface area contributed by atoms with E-state index < -0.39 is 0 Å². The van der Waals surface area contributed by atoms with Gasteiger partial charge in [0, 0.05) is 22.9 Å². The van der Waals surface area contributed by atoms with Crippen molar-refractivity contribution in [2.75, 3.05) is 0 Å². The van der Waals surface area contributed by atoms with Crippen LogP contribution in [0.5, 0.6) is 11.5 Å². The predicted octanol–water partition coefficient (Wildman–Crippen LogP) is 19.0. The third-order valence-electron chi connectivity index (χ3n) is 15.3. The van der Waals surface area contributed by atoms with E-state index in [0.29, 0.717) is 61.9 Å². The van der Waals surface area contributed by atoms with Crippen molar-refractivity contribution >= 4 is 55.3 Å². The largest absolute Gasteiger partial charge is 2.00 e. The van der Waals surface area contributed by atoms with Crippen LogP contribution in [0.4, 0.5) is 0 Å². The minimum Gasteiger partial charge on any atom is -0.497 e. The van der Waals surface area contributed by atoms with Crippen LogP contribution in [-0.4, -0.2) is 29.1 Å². The molecule has 5 aromatic heterocycles. The molecule has 0 saturated carbocycles. The van der Waals surface area contributed by atoms with Gasteiger partial charge in [-0.25, -0.2) is 9.97 Å². The molecule has 0 aliphatic rings. The minimum absolute atomic E-state index is 0. The first kappa shape index (κ1) is 52.3. The second kappa shape index (κ2) is 20.7. The minimum atomic E-state index is 0. The summed E-state index contributed by atoms with van der Waals surface area (Å²) in [4.78, 5) is 20.4. The molecule has 0 amide bonds. The van der Waals surface area contributed by atoms with Gasteiger partial charge in [0.2, 0.25) is 0 Å². The molecule has 0 aliphatic carbocycles. The smallest absolute Gasteiger partial charge is 0.497 e. The van der Waals surface area contributed by atoms with E-state index in [-0.39, 0.29) is 44.7 Å². The summed E-state index contributed by atoms with van der Waals surface area (Å²) in [5.74, 6) is 3.70. The summed E-state index contributed by atoms with van der Waals surface area (Å²) in [5, 5.41) is 0.694.